The van der Waals surface area contributed by atoms with Crippen LogP contribution in [0.1, 0.15) is 33.1 Å². The van der Waals surface area contributed by atoms with Gasteiger partial charge in [-0.2, -0.15) is 13.2 Å². The monoisotopic (exact) mass is 200 g/mol. The molecule has 0 fully saturated rings. The van der Waals surface area contributed by atoms with Crippen LogP contribution in [0.5, 0.6) is 0 Å². The second-order valence-electron chi connectivity index (χ2n) is 3.38. The Kier molecular flexibility index (Phi) is 4.19. The van der Waals surface area contributed by atoms with Crippen molar-refractivity contribution in [3.63, 3.8) is 0 Å². The van der Waals surface area contributed by atoms with E-state index < -0.39 is 30.7 Å². The van der Waals surface area contributed by atoms with E-state index in [2.05, 4.69) is 0 Å². The maximum Gasteiger partial charge on any atom is 0.389 e. The van der Waals surface area contributed by atoms with Gasteiger partial charge < -0.3 is 10.2 Å². The van der Waals surface area contributed by atoms with Gasteiger partial charge in [0, 0.05) is 6.42 Å². The summed E-state index contributed by atoms with van der Waals surface area (Å²) in [5, 5.41) is 18.6. The summed E-state index contributed by atoms with van der Waals surface area (Å²) < 4.78 is 35.1. The Hall–Kier alpha value is -0.290. The first-order chi connectivity index (χ1) is 5.69. The third-order valence-corrected chi connectivity index (χ3v) is 2.13. The predicted molar refractivity (Wildman–Crippen MR) is 42.2 cm³/mol. The van der Waals surface area contributed by atoms with Crippen LogP contribution in [0.2, 0.25) is 0 Å². The first kappa shape index (κ1) is 12.7. The van der Waals surface area contributed by atoms with Gasteiger partial charge in [-0.3, -0.25) is 0 Å². The Bertz CT molecular complexity index is 154. The van der Waals surface area contributed by atoms with Crippen LogP contribution in [0, 0.1) is 0 Å². The van der Waals surface area contributed by atoms with E-state index in [0.29, 0.717) is 0 Å². The molecule has 0 radical (unpaired) electrons. The molecule has 0 saturated carbocycles. The van der Waals surface area contributed by atoms with E-state index in [1.165, 1.54) is 6.92 Å². The Morgan fingerprint density at radius 3 is 2.08 bits per heavy atom. The quantitative estimate of drug-likeness (QED) is 0.727. The van der Waals surface area contributed by atoms with E-state index in [4.69, 9.17) is 0 Å². The minimum absolute atomic E-state index is 0.228. The van der Waals surface area contributed by atoms with Crippen LogP contribution in [-0.2, 0) is 0 Å². The molecule has 2 N–H and O–H groups in total. The molecule has 0 rings (SSSR count). The maximum absolute atomic E-state index is 11.7. The number of rotatable bonds is 4. The highest BCUT2D eigenvalue weighted by Gasteiger charge is 2.33. The van der Waals surface area contributed by atoms with Crippen molar-refractivity contribution in [2.45, 2.75) is 51.0 Å². The molecule has 0 spiro atoms. The molecule has 0 aliphatic carbocycles. The van der Waals surface area contributed by atoms with E-state index in [1.54, 1.807) is 6.92 Å². The van der Waals surface area contributed by atoms with Crippen molar-refractivity contribution in [2.75, 3.05) is 0 Å². The van der Waals surface area contributed by atoms with Gasteiger partial charge in [-0.1, -0.05) is 6.92 Å². The smallest absolute Gasteiger partial charge is 0.389 e. The summed E-state index contributed by atoms with van der Waals surface area (Å²) in [6.45, 7) is 2.94. The SMILES string of the molecule is CCC(C)(O)C(O)CCC(F)(F)F. The molecular weight excluding hydrogens is 185 g/mol. The van der Waals surface area contributed by atoms with Gasteiger partial charge in [-0.25, -0.2) is 0 Å². The van der Waals surface area contributed by atoms with Crippen molar-refractivity contribution in [3.8, 4) is 0 Å². The van der Waals surface area contributed by atoms with Crippen molar-refractivity contribution < 1.29 is 23.4 Å². The molecule has 2 nitrogen and oxygen atoms in total. The van der Waals surface area contributed by atoms with Gasteiger partial charge in [0.15, 0.2) is 0 Å². The normalized spacial score (nSPS) is 19.6. The van der Waals surface area contributed by atoms with Crippen molar-refractivity contribution in [2.24, 2.45) is 0 Å². The van der Waals surface area contributed by atoms with Crippen LogP contribution >= 0.6 is 0 Å². The molecule has 13 heavy (non-hydrogen) atoms. The summed E-state index contributed by atoms with van der Waals surface area (Å²) in [6, 6.07) is 0. The molecule has 0 heterocycles. The highest BCUT2D eigenvalue weighted by Crippen LogP contribution is 2.26. The molecule has 0 aromatic carbocycles. The molecule has 0 saturated heterocycles. The van der Waals surface area contributed by atoms with Gasteiger partial charge in [0.1, 0.15) is 0 Å². The van der Waals surface area contributed by atoms with Crippen LogP contribution < -0.4 is 0 Å². The van der Waals surface area contributed by atoms with Crippen LogP contribution in [0.4, 0.5) is 13.2 Å². The molecule has 0 amide bonds. The summed E-state index contributed by atoms with van der Waals surface area (Å²) in [5.41, 5.74) is -1.43. The van der Waals surface area contributed by atoms with Crippen LogP contribution in [-0.4, -0.2) is 28.1 Å². The average molecular weight is 200 g/mol. The molecule has 0 aliphatic rings. The lowest BCUT2D eigenvalue weighted by atomic mass is 9.93. The zero-order chi connectivity index (χ0) is 10.7. The summed E-state index contributed by atoms with van der Waals surface area (Å²) >= 11 is 0. The Morgan fingerprint density at radius 2 is 1.77 bits per heavy atom. The van der Waals surface area contributed by atoms with Gasteiger partial charge >= 0.3 is 6.18 Å². The van der Waals surface area contributed by atoms with Crippen molar-refractivity contribution in [3.05, 3.63) is 0 Å². The number of alkyl halides is 3. The number of hydrogen-bond acceptors (Lipinski definition) is 2. The molecule has 2 atom stereocenters. The van der Waals surface area contributed by atoms with Gasteiger partial charge in [0.25, 0.3) is 0 Å². The Balaban J connectivity index is 3.95. The lowest BCUT2D eigenvalue weighted by Crippen LogP contribution is -2.39. The first-order valence-corrected chi connectivity index (χ1v) is 4.16. The maximum atomic E-state index is 11.7. The molecule has 0 aromatic heterocycles. The zero-order valence-electron chi connectivity index (χ0n) is 7.73. The minimum atomic E-state index is -4.27. The fourth-order valence-electron chi connectivity index (χ4n) is 0.847. The van der Waals surface area contributed by atoms with E-state index >= 15 is 0 Å². The zero-order valence-corrected chi connectivity index (χ0v) is 7.73. The molecule has 0 aliphatic heterocycles. The number of halogens is 3. The Morgan fingerprint density at radius 1 is 1.31 bits per heavy atom. The number of hydrogen-bond donors (Lipinski definition) is 2. The number of aliphatic hydroxyl groups excluding tert-OH is 1. The highest BCUT2D eigenvalue weighted by molar-refractivity contribution is 4.80. The summed E-state index contributed by atoms with van der Waals surface area (Å²) in [7, 11) is 0. The fraction of sp³-hybridized carbons (Fsp3) is 1.00. The predicted octanol–water partition coefficient (Wildman–Crippen LogP) is 1.85. The van der Waals surface area contributed by atoms with Gasteiger partial charge in [-0.05, 0) is 19.8 Å². The Labute approximate surface area is 75.4 Å². The molecular formula is C8H15F3O2. The molecule has 5 heteroatoms. The van der Waals surface area contributed by atoms with Gasteiger partial charge in [0.2, 0.25) is 0 Å². The minimum Gasteiger partial charge on any atom is -0.390 e. The lowest BCUT2D eigenvalue weighted by Gasteiger charge is -2.27. The third-order valence-electron chi connectivity index (χ3n) is 2.13. The lowest BCUT2D eigenvalue weighted by molar-refractivity contribution is -0.149. The average Bonchev–Trinajstić information content (AvgIpc) is 1.98. The molecule has 0 bridgehead atoms. The third kappa shape index (κ3) is 5.10. The van der Waals surface area contributed by atoms with E-state index in [9.17, 15) is 23.4 Å². The second-order valence-corrected chi connectivity index (χ2v) is 3.38. The standard InChI is InChI=1S/C8H15F3O2/c1-3-7(2,13)6(12)4-5-8(9,10)11/h6,12-13H,3-5H2,1-2H3. The summed E-state index contributed by atoms with van der Waals surface area (Å²) in [4.78, 5) is 0. The second kappa shape index (κ2) is 4.28. The number of aliphatic hydroxyl groups is 2. The van der Waals surface area contributed by atoms with E-state index in [-0.39, 0.29) is 6.42 Å². The van der Waals surface area contributed by atoms with E-state index in [0.717, 1.165) is 0 Å². The van der Waals surface area contributed by atoms with Crippen LogP contribution in [0.3, 0.4) is 0 Å². The summed E-state index contributed by atoms with van der Waals surface area (Å²) in [6.07, 6.45) is -6.88. The first-order valence-electron chi connectivity index (χ1n) is 4.16. The molecule has 0 aromatic rings. The van der Waals surface area contributed by atoms with Crippen LogP contribution in [0.15, 0.2) is 0 Å². The van der Waals surface area contributed by atoms with E-state index in [1.807, 2.05) is 0 Å². The van der Waals surface area contributed by atoms with Crippen molar-refractivity contribution in [1.82, 2.24) is 0 Å². The summed E-state index contributed by atoms with van der Waals surface area (Å²) in [5.74, 6) is 0. The topological polar surface area (TPSA) is 40.5 Å². The van der Waals surface area contributed by atoms with Crippen LogP contribution in [0.25, 0.3) is 0 Å². The van der Waals surface area contributed by atoms with Gasteiger partial charge in [0.05, 0.1) is 11.7 Å². The molecule has 80 valence electrons. The van der Waals surface area contributed by atoms with Crippen molar-refractivity contribution in [1.29, 1.82) is 0 Å². The van der Waals surface area contributed by atoms with Gasteiger partial charge in [-0.15, -0.1) is 0 Å². The fourth-order valence-corrected chi connectivity index (χ4v) is 0.847. The highest BCUT2D eigenvalue weighted by atomic mass is 19.4. The van der Waals surface area contributed by atoms with Crippen molar-refractivity contribution >= 4 is 0 Å². The largest absolute Gasteiger partial charge is 0.390 e. The molecule has 2 unspecified atom stereocenters.